The Balaban J connectivity index is 2.83. The molecule has 1 fully saturated rings. The molecule has 0 aromatic rings. The van der Waals surface area contributed by atoms with Crippen molar-refractivity contribution in [2.45, 2.75) is 91.0 Å². The lowest BCUT2D eigenvalue weighted by Crippen LogP contribution is -2.58. The van der Waals surface area contributed by atoms with Crippen molar-refractivity contribution < 1.29 is 14.3 Å². The summed E-state index contributed by atoms with van der Waals surface area (Å²) in [5.74, 6) is -0.0534. The minimum absolute atomic E-state index is 0.0399. The van der Waals surface area contributed by atoms with Crippen molar-refractivity contribution in [3.05, 3.63) is 0 Å². The zero-order valence-corrected chi connectivity index (χ0v) is 16.1. The van der Waals surface area contributed by atoms with Gasteiger partial charge in [-0.15, -0.1) is 0 Å². The van der Waals surface area contributed by atoms with Crippen LogP contribution in [0.3, 0.4) is 0 Å². The van der Waals surface area contributed by atoms with Gasteiger partial charge in [0.25, 0.3) is 0 Å². The number of carbonyl (C=O) groups excluding carboxylic acids is 2. The van der Waals surface area contributed by atoms with E-state index in [9.17, 15) is 9.59 Å². The number of ether oxygens (including phenoxy) is 1. The summed E-state index contributed by atoms with van der Waals surface area (Å²) >= 11 is 0. The highest BCUT2D eigenvalue weighted by Gasteiger charge is 2.36. The Morgan fingerprint density at radius 3 is 2.33 bits per heavy atom. The monoisotopic (exact) mass is 341 g/mol. The van der Waals surface area contributed by atoms with Gasteiger partial charge in [-0.3, -0.25) is 4.79 Å². The van der Waals surface area contributed by atoms with Gasteiger partial charge >= 0.3 is 6.09 Å². The number of hydrogen-bond donors (Lipinski definition) is 2. The molecular weight excluding hydrogens is 306 g/mol. The molecule has 0 unspecified atom stereocenters. The van der Waals surface area contributed by atoms with E-state index in [2.05, 4.69) is 5.32 Å². The molecule has 0 aromatic heterocycles. The number of nitrogens with one attached hydrogen (secondary N) is 1. The predicted molar refractivity (Wildman–Crippen MR) is 95.6 cm³/mol. The predicted octanol–water partition coefficient (Wildman–Crippen LogP) is 2.65. The Labute approximate surface area is 146 Å². The lowest BCUT2D eigenvalue weighted by Gasteiger charge is -2.40. The SMILES string of the molecule is CCN(C(=O)OC(C)(C)C)[C@H]1CCCC[C@H]1NC(=O)[C@@H](N)C(C)C. The first-order valence-corrected chi connectivity index (χ1v) is 9.12. The lowest BCUT2D eigenvalue weighted by molar-refractivity contribution is -0.124. The summed E-state index contributed by atoms with van der Waals surface area (Å²) in [5.41, 5.74) is 5.43. The molecule has 140 valence electrons. The van der Waals surface area contributed by atoms with Crippen LogP contribution in [0.1, 0.15) is 67.2 Å². The van der Waals surface area contributed by atoms with Crippen molar-refractivity contribution in [2.75, 3.05) is 6.54 Å². The molecule has 0 bridgehead atoms. The fourth-order valence-electron chi connectivity index (χ4n) is 3.05. The minimum atomic E-state index is -0.530. The van der Waals surface area contributed by atoms with Crippen molar-refractivity contribution in [3.8, 4) is 0 Å². The van der Waals surface area contributed by atoms with Crippen LogP contribution in [0.4, 0.5) is 4.79 Å². The summed E-state index contributed by atoms with van der Waals surface area (Å²) < 4.78 is 5.53. The maximum atomic E-state index is 12.5. The molecule has 1 rings (SSSR count). The fraction of sp³-hybridized carbons (Fsp3) is 0.889. The summed E-state index contributed by atoms with van der Waals surface area (Å²) in [6, 6.07) is -0.630. The maximum Gasteiger partial charge on any atom is 0.410 e. The number of rotatable bonds is 5. The second kappa shape index (κ2) is 8.70. The Morgan fingerprint density at radius 2 is 1.83 bits per heavy atom. The van der Waals surface area contributed by atoms with Gasteiger partial charge in [0.15, 0.2) is 0 Å². The second-order valence-electron chi connectivity index (χ2n) is 8.00. The molecule has 0 saturated heterocycles. The highest BCUT2D eigenvalue weighted by molar-refractivity contribution is 5.82. The molecule has 2 amide bonds. The molecule has 6 heteroatoms. The number of amides is 2. The normalized spacial score (nSPS) is 22.8. The summed E-state index contributed by atoms with van der Waals surface area (Å²) in [6.45, 7) is 11.9. The third-order valence-corrected chi connectivity index (χ3v) is 4.45. The molecule has 0 aliphatic heterocycles. The molecule has 24 heavy (non-hydrogen) atoms. The van der Waals surface area contributed by atoms with Gasteiger partial charge in [0.05, 0.1) is 12.1 Å². The minimum Gasteiger partial charge on any atom is -0.444 e. The van der Waals surface area contributed by atoms with Gasteiger partial charge in [-0.2, -0.15) is 0 Å². The topological polar surface area (TPSA) is 84.7 Å². The number of nitrogens with two attached hydrogens (primary N) is 1. The van der Waals surface area contributed by atoms with Crippen molar-refractivity contribution in [1.29, 1.82) is 0 Å². The van der Waals surface area contributed by atoms with E-state index in [1.165, 1.54) is 0 Å². The number of hydrogen-bond acceptors (Lipinski definition) is 4. The number of likely N-dealkylation sites (N-methyl/N-ethyl adjacent to an activating group) is 1. The highest BCUT2D eigenvalue weighted by atomic mass is 16.6. The molecule has 0 radical (unpaired) electrons. The van der Waals surface area contributed by atoms with Crippen LogP contribution in [-0.4, -0.2) is 47.2 Å². The smallest absolute Gasteiger partial charge is 0.410 e. The maximum absolute atomic E-state index is 12.5. The van der Waals surface area contributed by atoms with E-state index in [-0.39, 0.29) is 30.0 Å². The van der Waals surface area contributed by atoms with Crippen LogP contribution in [0.15, 0.2) is 0 Å². The Kier molecular flexibility index (Phi) is 7.52. The second-order valence-corrected chi connectivity index (χ2v) is 8.00. The molecule has 6 nitrogen and oxygen atoms in total. The molecule has 0 spiro atoms. The third kappa shape index (κ3) is 5.96. The summed E-state index contributed by atoms with van der Waals surface area (Å²) in [7, 11) is 0. The van der Waals surface area contributed by atoms with Crippen LogP contribution < -0.4 is 11.1 Å². The molecule has 3 N–H and O–H groups in total. The number of carbonyl (C=O) groups is 2. The van der Waals surface area contributed by atoms with Gasteiger partial charge in [0.2, 0.25) is 5.91 Å². The van der Waals surface area contributed by atoms with Gasteiger partial charge in [0.1, 0.15) is 5.60 Å². The van der Waals surface area contributed by atoms with E-state index in [1.807, 2.05) is 41.5 Å². The first kappa shape index (κ1) is 20.7. The van der Waals surface area contributed by atoms with Crippen molar-refractivity contribution in [3.63, 3.8) is 0 Å². The van der Waals surface area contributed by atoms with E-state index in [1.54, 1.807) is 4.90 Å². The van der Waals surface area contributed by atoms with Crippen molar-refractivity contribution in [1.82, 2.24) is 10.2 Å². The summed E-state index contributed by atoms with van der Waals surface area (Å²) in [4.78, 5) is 26.6. The van der Waals surface area contributed by atoms with Crippen LogP contribution in [-0.2, 0) is 9.53 Å². The molecule has 1 aliphatic carbocycles. The van der Waals surface area contributed by atoms with Crippen molar-refractivity contribution >= 4 is 12.0 Å². The van der Waals surface area contributed by atoms with Gasteiger partial charge < -0.3 is 20.7 Å². The van der Waals surface area contributed by atoms with Crippen LogP contribution >= 0.6 is 0 Å². The Hall–Kier alpha value is -1.30. The standard InChI is InChI=1S/C18H35N3O3/c1-7-21(17(23)24-18(4,5)6)14-11-9-8-10-13(14)20-16(22)15(19)12(2)3/h12-15H,7-11,19H2,1-6H3,(H,20,22)/t13-,14+,15+/m1/s1. The van der Waals surface area contributed by atoms with Crippen LogP contribution in [0.25, 0.3) is 0 Å². The lowest BCUT2D eigenvalue weighted by atomic mass is 9.88. The Morgan fingerprint density at radius 1 is 1.25 bits per heavy atom. The first-order chi connectivity index (χ1) is 11.1. The molecule has 0 aromatic carbocycles. The van der Waals surface area contributed by atoms with Crippen LogP contribution in [0, 0.1) is 5.92 Å². The van der Waals surface area contributed by atoms with E-state index in [0.29, 0.717) is 6.54 Å². The van der Waals surface area contributed by atoms with E-state index < -0.39 is 11.6 Å². The zero-order valence-electron chi connectivity index (χ0n) is 16.1. The number of nitrogens with zero attached hydrogens (tertiary/aromatic N) is 1. The fourth-order valence-corrected chi connectivity index (χ4v) is 3.05. The summed E-state index contributed by atoms with van der Waals surface area (Å²) in [5, 5.41) is 3.07. The average molecular weight is 341 g/mol. The van der Waals surface area contributed by atoms with E-state index in [4.69, 9.17) is 10.5 Å². The quantitative estimate of drug-likeness (QED) is 0.805. The van der Waals surface area contributed by atoms with Gasteiger partial charge in [0, 0.05) is 12.6 Å². The van der Waals surface area contributed by atoms with Gasteiger partial charge in [-0.25, -0.2) is 4.79 Å². The third-order valence-electron chi connectivity index (χ3n) is 4.45. The Bertz CT molecular complexity index is 432. The van der Waals surface area contributed by atoms with Gasteiger partial charge in [-0.1, -0.05) is 26.7 Å². The average Bonchev–Trinajstić information content (AvgIpc) is 2.46. The summed E-state index contributed by atoms with van der Waals surface area (Å²) in [6.07, 6.45) is 3.51. The zero-order chi connectivity index (χ0) is 18.5. The molecule has 1 aliphatic rings. The van der Waals surface area contributed by atoms with Crippen molar-refractivity contribution in [2.24, 2.45) is 11.7 Å². The first-order valence-electron chi connectivity index (χ1n) is 9.12. The van der Waals surface area contributed by atoms with E-state index in [0.717, 1.165) is 25.7 Å². The van der Waals surface area contributed by atoms with Gasteiger partial charge in [-0.05, 0) is 46.5 Å². The molecule has 0 heterocycles. The van der Waals surface area contributed by atoms with Crippen LogP contribution in [0.2, 0.25) is 0 Å². The largest absolute Gasteiger partial charge is 0.444 e. The molecule has 3 atom stereocenters. The van der Waals surface area contributed by atoms with E-state index >= 15 is 0 Å². The molecular formula is C18H35N3O3. The highest BCUT2D eigenvalue weighted by Crippen LogP contribution is 2.25. The van der Waals surface area contributed by atoms with Crippen LogP contribution in [0.5, 0.6) is 0 Å². The molecule has 1 saturated carbocycles.